The van der Waals surface area contributed by atoms with Crippen LogP contribution in [0.4, 0.5) is 5.82 Å². The lowest BCUT2D eigenvalue weighted by atomic mass is 10.1. The molecule has 0 aromatic carbocycles. The molecule has 19 heavy (non-hydrogen) atoms. The van der Waals surface area contributed by atoms with Crippen molar-refractivity contribution >= 4 is 5.82 Å². The first-order valence-electron chi connectivity index (χ1n) is 6.98. The molecule has 0 bridgehead atoms. The fourth-order valence-corrected chi connectivity index (χ4v) is 2.86. The van der Waals surface area contributed by atoms with E-state index in [0.717, 1.165) is 17.7 Å². The number of aryl methyl sites for hydroxylation is 1. The fraction of sp³-hybridized carbons (Fsp3) is 0.467. The van der Waals surface area contributed by atoms with Crippen molar-refractivity contribution in [3.63, 3.8) is 0 Å². The molecule has 0 radical (unpaired) electrons. The van der Waals surface area contributed by atoms with E-state index in [4.69, 9.17) is 10.8 Å². The van der Waals surface area contributed by atoms with Gasteiger partial charge in [-0.15, -0.1) is 0 Å². The lowest BCUT2D eigenvalue weighted by molar-refractivity contribution is 0.463. The molecule has 1 aliphatic carbocycles. The van der Waals surface area contributed by atoms with Crippen LogP contribution in [-0.2, 0) is 6.42 Å². The van der Waals surface area contributed by atoms with Crippen LogP contribution >= 0.6 is 0 Å². The van der Waals surface area contributed by atoms with Gasteiger partial charge in [0.05, 0.1) is 11.7 Å². The van der Waals surface area contributed by atoms with E-state index in [-0.39, 0.29) is 0 Å². The van der Waals surface area contributed by atoms with Gasteiger partial charge in [0, 0.05) is 24.4 Å². The van der Waals surface area contributed by atoms with Crippen molar-refractivity contribution in [1.29, 1.82) is 0 Å². The zero-order chi connectivity index (χ0) is 13.2. The first-order chi connectivity index (χ1) is 9.24. The summed E-state index contributed by atoms with van der Waals surface area (Å²) in [6, 6.07) is 4.70. The summed E-state index contributed by atoms with van der Waals surface area (Å²) in [6.07, 6.45) is 9.80. The summed E-state index contributed by atoms with van der Waals surface area (Å²) >= 11 is 0. The van der Waals surface area contributed by atoms with Gasteiger partial charge in [0.15, 0.2) is 0 Å². The maximum atomic E-state index is 5.95. The van der Waals surface area contributed by atoms with E-state index in [9.17, 15) is 0 Å². The second-order valence-corrected chi connectivity index (χ2v) is 5.39. The Balaban J connectivity index is 1.80. The molecule has 0 unspecified atom stereocenters. The summed E-state index contributed by atoms with van der Waals surface area (Å²) in [6.45, 7) is 2.07. The maximum Gasteiger partial charge on any atom is 0.127 e. The van der Waals surface area contributed by atoms with Gasteiger partial charge in [-0.25, -0.2) is 4.98 Å². The Bertz CT molecular complexity index is 547. The van der Waals surface area contributed by atoms with Gasteiger partial charge in [-0.05, 0) is 37.5 Å². The number of hydrogen-bond donors (Lipinski definition) is 1. The van der Waals surface area contributed by atoms with Crippen LogP contribution in [0.15, 0.2) is 24.5 Å². The molecule has 1 saturated carbocycles. The Hall–Kier alpha value is -1.84. The largest absolute Gasteiger partial charge is 0.383 e. The predicted octanol–water partition coefficient (Wildman–Crippen LogP) is 2.87. The summed E-state index contributed by atoms with van der Waals surface area (Å²) in [5.74, 6) is 0.621. The minimum absolute atomic E-state index is 0.598. The van der Waals surface area contributed by atoms with Crippen molar-refractivity contribution in [3.8, 4) is 0 Å². The number of pyridine rings is 1. The van der Waals surface area contributed by atoms with E-state index in [1.54, 1.807) is 6.20 Å². The Labute approximate surface area is 113 Å². The molecular weight excluding hydrogens is 236 g/mol. The van der Waals surface area contributed by atoms with Crippen LogP contribution in [0, 0.1) is 6.92 Å². The summed E-state index contributed by atoms with van der Waals surface area (Å²) in [7, 11) is 0. The van der Waals surface area contributed by atoms with Crippen LogP contribution in [0.5, 0.6) is 0 Å². The summed E-state index contributed by atoms with van der Waals surface area (Å²) in [5, 5.41) is 4.70. The molecule has 0 aliphatic heterocycles. The average Bonchev–Trinajstić information content (AvgIpc) is 3.04. The second kappa shape index (κ2) is 5.03. The first kappa shape index (κ1) is 12.2. The highest BCUT2D eigenvalue weighted by molar-refractivity contribution is 5.45. The van der Waals surface area contributed by atoms with E-state index in [1.807, 2.05) is 6.07 Å². The predicted molar refractivity (Wildman–Crippen MR) is 75.9 cm³/mol. The van der Waals surface area contributed by atoms with Crippen LogP contribution in [0.25, 0.3) is 0 Å². The van der Waals surface area contributed by atoms with Gasteiger partial charge in [-0.3, -0.25) is 4.68 Å². The Morgan fingerprint density at radius 2 is 2.11 bits per heavy atom. The molecule has 2 aromatic heterocycles. The second-order valence-electron chi connectivity index (χ2n) is 5.39. The molecule has 4 nitrogen and oxygen atoms in total. The van der Waals surface area contributed by atoms with E-state index in [0.29, 0.717) is 11.9 Å². The van der Waals surface area contributed by atoms with Gasteiger partial charge in [0.2, 0.25) is 0 Å². The zero-order valence-corrected chi connectivity index (χ0v) is 11.3. The molecule has 0 saturated heterocycles. The van der Waals surface area contributed by atoms with Crippen LogP contribution < -0.4 is 5.73 Å². The number of nitrogen functional groups attached to an aromatic ring is 1. The van der Waals surface area contributed by atoms with Crippen LogP contribution in [0.2, 0.25) is 0 Å². The Morgan fingerprint density at radius 3 is 2.84 bits per heavy atom. The molecule has 1 aliphatic rings. The van der Waals surface area contributed by atoms with E-state index in [2.05, 4.69) is 28.9 Å². The molecule has 0 spiro atoms. The van der Waals surface area contributed by atoms with Crippen molar-refractivity contribution in [3.05, 3.63) is 41.3 Å². The standard InChI is InChI=1S/C15H20N4/c1-11-6-8-17-15(16)14(11)10-12-7-9-19(18-12)13-4-2-3-5-13/h6-9,13H,2-5,10H2,1H3,(H2,16,17). The maximum absolute atomic E-state index is 5.95. The number of hydrogen-bond acceptors (Lipinski definition) is 3. The molecular formula is C15H20N4. The van der Waals surface area contributed by atoms with E-state index < -0.39 is 0 Å². The zero-order valence-electron chi connectivity index (χ0n) is 11.3. The molecule has 3 rings (SSSR count). The summed E-state index contributed by atoms with van der Waals surface area (Å²) in [5.41, 5.74) is 9.31. The van der Waals surface area contributed by atoms with Gasteiger partial charge in [-0.2, -0.15) is 5.10 Å². The lowest BCUT2D eigenvalue weighted by Crippen LogP contribution is -2.06. The quantitative estimate of drug-likeness (QED) is 0.918. The van der Waals surface area contributed by atoms with Gasteiger partial charge in [0.25, 0.3) is 0 Å². The monoisotopic (exact) mass is 256 g/mol. The molecule has 0 amide bonds. The minimum Gasteiger partial charge on any atom is -0.383 e. The molecule has 4 heteroatoms. The third-order valence-corrected chi connectivity index (χ3v) is 4.04. The van der Waals surface area contributed by atoms with Crippen LogP contribution in [-0.4, -0.2) is 14.8 Å². The number of nitrogens with two attached hydrogens (primary N) is 1. The van der Waals surface area contributed by atoms with E-state index in [1.165, 1.54) is 31.2 Å². The van der Waals surface area contributed by atoms with Gasteiger partial charge >= 0.3 is 0 Å². The average molecular weight is 256 g/mol. The smallest absolute Gasteiger partial charge is 0.127 e. The third kappa shape index (κ3) is 2.48. The molecule has 0 atom stereocenters. The van der Waals surface area contributed by atoms with Crippen molar-refractivity contribution in [2.24, 2.45) is 0 Å². The van der Waals surface area contributed by atoms with Gasteiger partial charge in [-0.1, -0.05) is 12.8 Å². The van der Waals surface area contributed by atoms with Crippen LogP contribution in [0.1, 0.15) is 48.5 Å². The molecule has 100 valence electrons. The third-order valence-electron chi connectivity index (χ3n) is 4.04. The van der Waals surface area contributed by atoms with Crippen molar-refractivity contribution < 1.29 is 0 Å². The van der Waals surface area contributed by atoms with Crippen molar-refractivity contribution in [2.75, 3.05) is 5.73 Å². The summed E-state index contributed by atoms with van der Waals surface area (Å²) in [4.78, 5) is 4.16. The Kier molecular flexibility index (Phi) is 3.23. The Morgan fingerprint density at radius 1 is 1.32 bits per heavy atom. The first-order valence-corrected chi connectivity index (χ1v) is 6.98. The SMILES string of the molecule is Cc1ccnc(N)c1Cc1ccn(C2CCCC2)n1. The highest BCUT2D eigenvalue weighted by Crippen LogP contribution is 2.29. The summed E-state index contributed by atoms with van der Waals surface area (Å²) < 4.78 is 2.13. The van der Waals surface area contributed by atoms with Crippen LogP contribution in [0.3, 0.4) is 0 Å². The fourth-order valence-electron chi connectivity index (χ4n) is 2.86. The normalized spacial score (nSPS) is 16.1. The number of aromatic nitrogens is 3. The highest BCUT2D eigenvalue weighted by atomic mass is 15.3. The van der Waals surface area contributed by atoms with Gasteiger partial charge < -0.3 is 5.73 Å². The molecule has 2 aromatic rings. The molecule has 1 fully saturated rings. The van der Waals surface area contributed by atoms with Gasteiger partial charge in [0.1, 0.15) is 5.82 Å². The highest BCUT2D eigenvalue weighted by Gasteiger charge is 2.17. The van der Waals surface area contributed by atoms with Crippen molar-refractivity contribution in [1.82, 2.24) is 14.8 Å². The van der Waals surface area contributed by atoms with E-state index >= 15 is 0 Å². The number of anilines is 1. The van der Waals surface area contributed by atoms with Crippen molar-refractivity contribution in [2.45, 2.75) is 45.1 Å². The number of rotatable bonds is 3. The molecule has 2 heterocycles. The molecule has 2 N–H and O–H groups in total. The topological polar surface area (TPSA) is 56.7 Å². The lowest BCUT2D eigenvalue weighted by Gasteiger charge is -2.09. The number of nitrogens with zero attached hydrogens (tertiary/aromatic N) is 3. The minimum atomic E-state index is 0.598.